The van der Waals surface area contributed by atoms with Gasteiger partial charge < -0.3 is 25.4 Å². The van der Waals surface area contributed by atoms with Crippen LogP contribution in [0.25, 0.3) is 0 Å². The highest BCUT2D eigenvalue weighted by Crippen LogP contribution is 2.26. The smallest absolute Gasteiger partial charge is 0.292 e. The van der Waals surface area contributed by atoms with E-state index < -0.39 is 29.5 Å². The van der Waals surface area contributed by atoms with Crippen LogP contribution in [0, 0.1) is 10.1 Å². The predicted molar refractivity (Wildman–Crippen MR) is 64.5 cm³/mol. The quantitative estimate of drug-likeness (QED) is 0.428. The monoisotopic (exact) mass is 270 g/mol. The lowest BCUT2D eigenvalue weighted by atomic mass is 10.0. The summed E-state index contributed by atoms with van der Waals surface area (Å²) in [5, 5.41) is 42.0. The molecule has 0 aromatic heterocycles. The fourth-order valence-corrected chi connectivity index (χ4v) is 1.84. The summed E-state index contributed by atoms with van der Waals surface area (Å²) in [6, 6.07) is 5.88. The van der Waals surface area contributed by atoms with Crippen LogP contribution in [0.1, 0.15) is 0 Å². The van der Waals surface area contributed by atoms with Gasteiger partial charge in [-0.25, -0.2) is 0 Å². The lowest BCUT2D eigenvalue weighted by molar-refractivity contribution is -0.384. The molecule has 1 aliphatic heterocycles. The lowest BCUT2D eigenvalue weighted by Gasteiger charge is -2.35. The standard InChI is InChI=1S/C11H14N2O6/c14-8-5-19-11(10(16)9(8)15)12-6-3-1-2-4-7(6)13(17)18/h1-4,8-12,14-16H,5H2/t8-,9-,10-,11+/m0/s1. The zero-order valence-electron chi connectivity index (χ0n) is 9.84. The largest absolute Gasteiger partial charge is 0.388 e. The number of ether oxygens (including phenoxy) is 1. The van der Waals surface area contributed by atoms with E-state index in [2.05, 4.69) is 5.32 Å². The molecule has 0 radical (unpaired) electrons. The van der Waals surface area contributed by atoms with Crippen molar-refractivity contribution < 1.29 is 25.0 Å². The minimum atomic E-state index is -1.39. The number of aliphatic hydroxyl groups is 3. The summed E-state index contributed by atoms with van der Waals surface area (Å²) in [5.74, 6) is 0. The van der Waals surface area contributed by atoms with E-state index >= 15 is 0 Å². The Morgan fingerprint density at radius 2 is 1.95 bits per heavy atom. The van der Waals surface area contributed by atoms with Crippen molar-refractivity contribution in [2.24, 2.45) is 0 Å². The van der Waals surface area contributed by atoms with Crippen molar-refractivity contribution in [2.45, 2.75) is 24.5 Å². The van der Waals surface area contributed by atoms with Crippen LogP contribution in [0.2, 0.25) is 0 Å². The van der Waals surface area contributed by atoms with E-state index in [9.17, 15) is 25.4 Å². The number of nitrogens with zero attached hydrogens (tertiary/aromatic N) is 1. The first kappa shape index (κ1) is 13.7. The maximum atomic E-state index is 10.8. The molecule has 1 aliphatic rings. The molecule has 0 saturated carbocycles. The number of para-hydroxylation sites is 2. The normalized spacial score (nSPS) is 30.9. The highest BCUT2D eigenvalue weighted by Gasteiger charge is 2.38. The van der Waals surface area contributed by atoms with Gasteiger partial charge in [0.15, 0.2) is 6.23 Å². The van der Waals surface area contributed by atoms with E-state index in [4.69, 9.17) is 4.74 Å². The third-order valence-corrected chi connectivity index (χ3v) is 2.90. The van der Waals surface area contributed by atoms with Crippen LogP contribution in [0.15, 0.2) is 24.3 Å². The predicted octanol–water partition coefficient (Wildman–Crippen LogP) is -0.554. The summed E-state index contributed by atoms with van der Waals surface area (Å²) < 4.78 is 5.12. The second-order valence-electron chi connectivity index (χ2n) is 4.22. The Balaban J connectivity index is 2.15. The Kier molecular flexibility index (Phi) is 3.96. The van der Waals surface area contributed by atoms with Crippen LogP contribution in [0.3, 0.4) is 0 Å². The van der Waals surface area contributed by atoms with Crippen LogP contribution < -0.4 is 5.32 Å². The molecule has 1 heterocycles. The highest BCUT2D eigenvalue weighted by atomic mass is 16.6. The Hall–Kier alpha value is -1.74. The number of rotatable bonds is 3. The number of benzene rings is 1. The Morgan fingerprint density at radius 1 is 1.26 bits per heavy atom. The molecule has 0 aliphatic carbocycles. The first-order valence-corrected chi connectivity index (χ1v) is 5.66. The number of nitro groups is 1. The minimum Gasteiger partial charge on any atom is -0.388 e. The van der Waals surface area contributed by atoms with Crippen LogP contribution in [-0.4, -0.2) is 51.4 Å². The van der Waals surface area contributed by atoms with E-state index in [0.717, 1.165) is 0 Å². The molecule has 104 valence electrons. The molecular formula is C11H14N2O6. The zero-order chi connectivity index (χ0) is 14.0. The molecule has 0 amide bonds. The summed E-state index contributed by atoms with van der Waals surface area (Å²) in [5.41, 5.74) is -0.000878. The van der Waals surface area contributed by atoms with Crippen molar-refractivity contribution in [3.63, 3.8) is 0 Å². The van der Waals surface area contributed by atoms with Gasteiger partial charge in [0.1, 0.15) is 24.0 Å². The fraction of sp³-hybridized carbons (Fsp3) is 0.455. The second-order valence-corrected chi connectivity index (χ2v) is 4.22. The van der Waals surface area contributed by atoms with E-state index in [-0.39, 0.29) is 18.0 Å². The van der Waals surface area contributed by atoms with Gasteiger partial charge in [0, 0.05) is 6.07 Å². The number of nitrogens with one attached hydrogen (secondary N) is 1. The topological polar surface area (TPSA) is 125 Å². The van der Waals surface area contributed by atoms with Crippen LogP contribution in [-0.2, 0) is 4.74 Å². The summed E-state index contributed by atoms with van der Waals surface area (Å²) in [7, 11) is 0. The molecule has 0 spiro atoms. The van der Waals surface area contributed by atoms with Gasteiger partial charge in [-0.15, -0.1) is 0 Å². The van der Waals surface area contributed by atoms with Crippen molar-refractivity contribution in [1.82, 2.24) is 0 Å². The van der Waals surface area contributed by atoms with E-state index in [1.807, 2.05) is 0 Å². The molecule has 19 heavy (non-hydrogen) atoms. The molecule has 1 aromatic rings. The average molecular weight is 270 g/mol. The third-order valence-electron chi connectivity index (χ3n) is 2.90. The average Bonchev–Trinajstić information content (AvgIpc) is 2.40. The van der Waals surface area contributed by atoms with Crippen LogP contribution >= 0.6 is 0 Å². The first-order valence-electron chi connectivity index (χ1n) is 5.66. The molecule has 4 atom stereocenters. The molecule has 4 N–H and O–H groups in total. The lowest BCUT2D eigenvalue weighted by Crippen LogP contribution is -2.55. The Bertz CT molecular complexity index is 468. The molecule has 8 nitrogen and oxygen atoms in total. The van der Waals surface area contributed by atoms with Gasteiger partial charge in [0.05, 0.1) is 11.5 Å². The zero-order valence-corrected chi connectivity index (χ0v) is 9.84. The SMILES string of the molecule is O=[N+]([O-])c1ccccc1N[C@@H]1OC[C@H](O)[C@H](O)[C@@H]1O. The number of hydrogen-bond acceptors (Lipinski definition) is 7. The molecule has 2 rings (SSSR count). The first-order chi connectivity index (χ1) is 9.00. The number of anilines is 1. The Morgan fingerprint density at radius 3 is 2.63 bits per heavy atom. The molecular weight excluding hydrogens is 256 g/mol. The number of hydrogen-bond donors (Lipinski definition) is 4. The van der Waals surface area contributed by atoms with Crippen molar-refractivity contribution in [3.8, 4) is 0 Å². The van der Waals surface area contributed by atoms with Gasteiger partial charge in [0.2, 0.25) is 0 Å². The Labute approximate surface area is 108 Å². The summed E-state index contributed by atoms with van der Waals surface area (Å²) in [6.07, 6.45) is -4.96. The minimum absolute atomic E-state index is 0.167. The molecule has 1 aromatic carbocycles. The van der Waals surface area contributed by atoms with Crippen molar-refractivity contribution >= 4 is 11.4 Å². The summed E-state index contributed by atoms with van der Waals surface area (Å²) >= 11 is 0. The van der Waals surface area contributed by atoms with Gasteiger partial charge >= 0.3 is 0 Å². The molecule has 1 saturated heterocycles. The van der Waals surface area contributed by atoms with E-state index in [1.165, 1.54) is 18.2 Å². The number of nitro benzene ring substituents is 1. The molecule has 8 heteroatoms. The summed E-state index contributed by atoms with van der Waals surface area (Å²) in [4.78, 5) is 10.3. The summed E-state index contributed by atoms with van der Waals surface area (Å²) in [6.45, 7) is -0.170. The van der Waals surface area contributed by atoms with Gasteiger partial charge in [-0.2, -0.15) is 0 Å². The van der Waals surface area contributed by atoms with Crippen molar-refractivity contribution in [3.05, 3.63) is 34.4 Å². The molecule has 0 unspecified atom stereocenters. The second kappa shape index (κ2) is 5.49. The van der Waals surface area contributed by atoms with Gasteiger partial charge in [-0.05, 0) is 6.07 Å². The van der Waals surface area contributed by atoms with E-state index in [1.54, 1.807) is 6.07 Å². The van der Waals surface area contributed by atoms with Crippen molar-refractivity contribution in [2.75, 3.05) is 11.9 Å². The fourth-order valence-electron chi connectivity index (χ4n) is 1.84. The van der Waals surface area contributed by atoms with E-state index in [0.29, 0.717) is 0 Å². The van der Waals surface area contributed by atoms with Gasteiger partial charge in [-0.3, -0.25) is 10.1 Å². The third kappa shape index (κ3) is 2.82. The van der Waals surface area contributed by atoms with Crippen LogP contribution in [0.5, 0.6) is 0 Å². The molecule has 0 bridgehead atoms. The maximum Gasteiger partial charge on any atom is 0.292 e. The van der Waals surface area contributed by atoms with Crippen LogP contribution in [0.4, 0.5) is 11.4 Å². The highest BCUT2D eigenvalue weighted by molar-refractivity contribution is 5.61. The van der Waals surface area contributed by atoms with Crippen molar-refractivity contribution in [1.29, 1.82) is 0 Å². The molecule has 1 fully saturated rings. The van der Waals surface area contributed by atoms with Gasteiger partial charge in [-0.1, -0.05) is 12.1 Å². The number of aliphatic hydroxyl groups excluding tert-OH is 3. The van der Waals surface area contributed by atoms with Gasteiger partial charge in [0.25, 0.3) is 5.69 Å². The maximum absolute atomic E-state index is 10.8.